The predicted octanol–water partition coefficient (Wildman–Crippen LogP) is 6.22. The standard InChI is InChI=1S/C29H34FN3O4/c1-8-37-24-11-9-20(14-26(24)36-7)29(34)32-15-18(4)23-10-12-25(35-6)28(33-23)21-16-31-27(19(21)5)22(30)13-17(2)3/h9-14,16,18,31H,2,8,15H2,1,3-7H3,(H,32,34). The quantitative estimate of drug-likeness (QED) is 0.301. The van der Waals surface area contributed by atoms with E-state index >= 15 is 0 Å². The fourth-order valence-electron chi connectivity index (χ4n) is 3.91. The monoisotopic (exact) mass is 507 g/mol. The lowest BCUT2D eigenvalue weighted by Crippen LogP contribution is -2.27. The number of aromatic nitrogens is 2. The molecule has 0 aliphatic heterocycles. The minimum atomic E-state index is -0.395. The van der Waals surface area contributed by atoms with Gasteiger partial charge in [-0.3, -0.25) is 4.79 Å². The van der Waals surface area contributed by atoms with Crippen LogP contribution in [0, 0.1) is 6.92 Å². The first kappa shape index (κ1) is 27.5. The lowest BCUT2D eigenvalue weighted by atomic mass is 10.0. The summed E-state index contributed by atoms with van der Waals surface area (Å²) in [5.74, 6) is 0.931. The van der Waals surface area contributed by atoms with E-state index in [9.17, 15) is 9.18 Å². The van der Waals surface area contributed by atoms with Crippen LogP contribution in [0.2, 0.25) is 0 Å². The van der Waals surface area contributed by atoms with Gasteiger partial charge >= 0.3 is 0 Å². The maximum absolute atomic E-state index is 14.7. The number of amides is 1. The molecule has 0 spiro atoms. The predicted molar refractivity (Wildman–Crippen MR) is 144 cm³/mol. The van der Waals surface area contributed by atoms with Crippen molar-refractivity contribution in [2.24, 2.45) is 0 Å². The highest BCUT2D eigenvalue weighted by molar-refractivity contribution is 5.95. The molecule has 0 radical (unpaired) electrons. The van der Waals surface area contributed by atoms with Crippen molar-refractivity contribution in [2.45, 2.75) is 33.6 Å². The second-order valence-corrected chi connectivity index (χ2v) is 8.74. The number of benzene rings is 1. The number of carbonyl (C=O) groups is 1. The third-order valence-corrected chi connectivity index (χ3v) is 5.91. The number of carbonyl (C=O) groups excluding carboxylic acids is 1. The van der Waals surface area contributed by atoms with E-state index in [4.69, 9.17) is 19.2 Å². The summed E-state index contributed by atoms with van der Waals surface area (Å²) < 4.78 is 31.1. The first-order chi connectivity index (χ1) is 17.7. The Balaban J connectivity index is 1.81. The van der Waals surface area contributed by atoms with Gasteiger partial charge in [-0.15, -0.1) is 0 Å². The molecule has 0 saturated heterocycles. The van der Waals surface area contributed by atoms with Crippen LogP contribution < -0.4 is 19.5 Å². The Labute approximate surface area is 217 Å². The SMILES string of the molecule is C=C(C)C=C(F)c1[nH]cc(-c2nc(C(C)CNC(=O)c3ccc(OCC)c(OC)c3)ccc2OC)c1C. The van der Waals surface area contributed by atoms with Gasteiger partial charge in [-0.05, 0) is 62.7 Å². The number of aromatic amines is 1. The highest BCUT2D eigenvalue weighted by Gasteiger charge is 2.20. The van der Waals surface area contributed by atoms with Crippen LogP contribution in [-0.4, -0.2) is 43.2 Å². The zero-order valence-corrected chi connectivity index (χ0v) is 22.2. The number of halogens is 1. The molecule has 1 unspecified atom stereocenters. The molecule has 2 heterocycles. The number of hydrogen-bond acceptors (Lipinski definition) is 5. The molecule has 0 aliphatic carbocycles. The molecular weight excluding hydrogens is 473 g/mol. The molecule has 0 aliphatic rings. The summed E-state index contributed by atoms with van der Waals surface area (Å²) in [5, 5.41) is 2.96. The number of hydrogen-bond donors (Lipinski definition) is 2. The van der Waals surface area contributed by atoms with Crippen LogP contribution in [0.4, 0.5) is 4.39 Å². The van der Waals surface area contributed by atoms with E-state index in [1.807, 2.05) is 32.9 Å². The molecule has 0 saturated carbocycles. The Hall–Kier alpha value is -4.07. The van der Waals surface area contributed by atoms with Gasteiger partial charge in [0, 0.05) is 35.5 Å². The van der Waals surface area contributed by atoms with E-state index < -0.39 is 5.83 Å². The van der Waals surface area contributed by atoms with Crippen molar-refractivity contribution in [3.63, 3.8) is 0 Å². The van der Waals surface area contributed by atoms with Gasteiger partial charge in [-0.2, -0.15) is 0 Å². The summed E-state index contributed by atoms with van der Waals surface area (Å²) in [6.45, 7) is 12.0. The van der Waals surface area contributed by atoms with Gasteiger partial charge in [0.1, 0.15) is 17.3 Å². The number of pyridine rings is 1. The van der Waals surface area contributed by atoms with Gasteiger partial charge in [0.05, 0.1) is 26.5 Å². The summed E-state index contributed by atoms with van der Waals surface area (Å²) in [7, 11) is 3.11. The van der Waals surface area contributed by atoms with Crippen LogP contribution in [0.1, 0.15) is 54.0 Å². The molecule has 0 fully saturated rings. The number of nitrogens with zero attached hydrogens (tertiary/aromatic N) is 1. The average Bonchev–Trinajstić information content (AvgIpc) is 3.27. The van der Waals surface area contributed by atoms with Gasteiger partial charge in [0.15, 0.2) is 11.5 Å². The molecular formula is C29H34FN3O4. The number of ether oxygens (including phenoxy) is 3. The minimum absolute atomic E-state index is 0.100. The Morgan fingerprint density at radius 2 is 1.89 bits per heavy atom. The van der Waals surface area contributed by atoms with E-state index in [0.717, 1.165) is 11.3 Å². The number of allylic oxidation sites excluding steroid dienone is 2. The van der Waals surface area contributed by atoms with Crippen LogP contribution in [0.5, 0.6) is 17.2 Å². The first-order valence-corrected chi connectivity index (χ1v) is 12.0. The van der Waals surface area contributed by atoms with Gasteiger partial charge in [-0.1, -0.05) is 19.1 Å². The van der Waals surface area contributed by atoms with Crippen LogP contribution in [-0.2, 0) is 0 Å². The molecule has 37 heavy (non-hydrogen) atoms. The molecule has 3 aromatic rings. The fraction of sp³-hybridized carbons (Fsp3) is 0.310. The summed E-state index contributed by atoms with van der Waals surface area (Å²) in [6.07, 6.45) is 3.10. The van der Waals surface area contributed by atoms with Gasteiger partial charge in [-0.25, -0.2) is 9.37 Å². The molecule has 0 bridgehead atoms. The van der Waals surface area contributed by atoms with Crippen molar-refractivity contribution in [1.29, 1.82) is 0 Å². The van der Waals surface area contributed by atoms with Crippen molar-refractivity contribution in [3.05, 3.63) is 77.3 Å². The zero-order valence-electron chi connectivity index (χ0n) is 22.2. The number of nitrogens with one attached hydrogen (secondary N) is 2. The topological polar surface area (TPSA) is 85.5 Å². The second-order valence-electron chi connectivity index (χ2n) is 8.74. The lowest BCUT2D eigenvalue weighted by molar-refractivity contribution is 0.0951. The second kappa shape index (κ2) is 12.3. The first-order valence-electron chi connectivity index (χ1n) is 12.0. The van der Waals surface area contributed by atoms with Crippen molar-refractivity contribution in [2.75, 3.05) is 27.4 Å². The number of rotatable bonds is 11. The highest BCUT2D eigenvalue weighted by Crippen LogP contribution is 2.35. The van der Waals surface area contributed by atoms with Crippen molar-refractivity contribution in [3.8, 4) is 28.5 Å². The van der Waals surface area contributed by atoms with Crippen molar-refractivity contribution < 1.29 is 23.4 Å². The van der Waals surface area contributed by atoms with E-state index in [1.165, 1.54) is 13.2 Å². The Morgan fingerprint density at radius 1 is 1.19 bits per heavy atom. The number of methoxy groups -OCH3 is 2. The summed E-state index contributed by atoms with van der Waals surface area (Å²) in [5.41, 5.74) is 4.26. The highest BCUT2D eigenvalue weighted by atomic mass is 19.1. The van der Waals surface area contributed by atoms with E-state index in [1.54, 1.807) is 38.4 Å². The van der Waals surface area contributed by atoms with Crippen LogP contribution >= 0.6 is 0 Å². The zero-order chi connectivity index (χ0) is 27.1. The van der Waals surface area contributed by atoms with Gasteiger partial charge in [0.25, 0.3) is 5.91 Å². The van der Waals surface area contributed by atoms with E-state index in [2.05, 4.69) is 16.9 Å². The number of H-pyrrole nitrogens is 1. The lowest BCUT2D eigenvalue weighted by Gasteiger charge is -2.16. The largest absolute Gasteiger partial charge is 0.494 e. The Morgan fingerprint density at radius 3 is 2.54 bits per heavy atom. The van der Waals surface area contributed by atoms with Crippen LogP contribution in [0.3, 0.4) is 0 Å². The maximum atomic E-state index is 14.7. The Kier molecular flexibility index (Phi) is 9.11. The van der Waals surface area contributed by atoms with E-state index in [-0.39, 0.29) is 11.8 Å². The molecule has 2 aromatic heterocycles. The van der Waals surface area contributed by atoms with E-state index in [0.29, 0.717) is 58.5 Å². The fourth-order valence-corrected chi connectivity index (χ4v) is 3.91. The Bertz CT molecular complexity index is 1310. The summed E-state index contributed by atoms with van der Waals surface area (Å²) >= 11 is 0. The third-order valence-electron chi connectivity index (χ3n) is 5.91. The third kappa shape index (κ3) is 6.39. The van der Waals surface area contributed by atoms with Crippen LogP contribution in [0.15, 0.2) is 54.8 Å². The maximum Gasteiger partial charge on any atom is 0.251 e. The summed E-state index contributed by atoms with van der Waals surface area (Å²) in [4.78, 5) is 20.6. The molecule has 7 nitrogen and oxygen atoms in total. The molecule has 1 atom stereocenters. The molecule has 196 valence electrons. The van der Waals surface area contributed by atoms with Gasteiger partial charge in [0.2, 0.25) is 0 Å². The van der Waals surface area contributed by atoms with Crippen molar-refractivity contribution >= 4 is 11.7 Å². The molecule has 2 N–H and O–H groups in total. The van der Waals surface area contributed by atoms with Crippen molar-refractivity contribution in [1.82, 2.24) is 15.3 Å². The minimum Gasteiger partial charge on any atom is -0.494 e. The smallest absolute Gasteiger partial charge is 0.251 e. The molecule has 1 amide bonds. The molecule has 3 rings (SSSR count). The molecule has 1 aromatic carbocycles. The summed E-state index contributed by atoms with van der Waals surface area (Å²) in [6, 6.07) is 8.77. The van der Waals surface area contributed by atoms with Crippen LogP contribution in [0.25, 0.3) is 17.1 Å². The molecule has 8 heteroatoms. The van der Waals surface area contributed by atoms with Gasteiger partial charge < -0.3 is 24.5 Å². The average molecular weight is 508 g/mol. The normalized spacial score (nSPS) is 12.1.